The van der Waals surface area contributed by atoms with Gasteiger partial charge in [-0.3, -0.25) is 0 Å². The van der Waals surface area contributed by atoms with Gasteiger partial charge in [0.25, 0.3) is 0 Å². The molecule has 0 atom stereocenters. The molecule has 19 heavy (non-hydrogen) atoms. The summed E-state index contributed by atoms with van der Waals surface area (Å²) in [7, 11) is 0. The Kier molecular flexibility index (Phi) is 4.56. The molecular weight excluding hydrogens is 236 g/mol. The number of allylic oxidation sites excluding steroid dienone is 9. The Morgan fingerprint density at radius 2 is 1.47 bits per heavy atom. The zero-order valence-electron chi connectivity index (χ0n) is 11.3. The van der Waals surface area contributed by atoms with E-state index in [1.807, 2.05) is 24.3 Å². The summed E-state index contributed by atoms with van der Waals surface area (Å²) in [6.07, 6.45) is 18.8. The molecule has 2 heteroatoms. The molecule has 0 bridgehead atoms. The second-order valence-electron chi connectivity index (χ2n) is 4.93. The highest BCUT2D eigenvalue weighted by Crippen LogP contribution is 2.34. The molecule has 0 heterocycles. The third-order valence-corrected chi connectivity index (χ3v) is 3.60. The lowest BCUT2D eigenvalue weighted by atomic mass is 9.84. The molecule has 0 fully saturated rings. The largest absolute Gasteiger partial charge is 0.478 e. The summed E-state index contributed by atoms with van der Waals surface area (Å²) in [5, 5.41) is 9.54. The maximum absolute atomic E-state index is 11.6. The highest BCUT2D eigenvalue weighted by Gasteiger charge is 2.25. The van der Waals surface area contributed by atoms with Crippen LogP contribution in [-0.4, -0.2) is 11.1 Å². The number of carboxylic acids is 1. The maximum Gasteiger partial charge on any atom is 0.331 e. The van der Waals surface area contributed by atoms with Crippen LogP contribution in [-0.2, 0) is 4.79 Å². The number of hydrogen-bond donors (Lipinski definition) is 1. The van der Waals surface area contributed by atoms with Gasteiger partial charge in [0, 0.05) is 17.4 Å². The molecule has 0 radical (unpaired) electrons. The molecule has 2 rings (SSSR count). The summed E-state index contributed by atoms with van der Waals surface area (Å²) in [6.45, 7) is 2.09. The van der Waals surface area contributed by atoms with Crippen LogP contribution >= 0.6 is 0 Å². The summed E-state index contributed by atoms with van der Waals surface area (Å²) in [5.74, 6) is -0.522. The van der Waals surface area contributed by atoms with Crippen LogP contribution in [0, 0.1) is 11.8 Å². The molecule has 0 aliphatic heterocycles. The van der Waals surface area contributed by atoms with Gasteiger partial charge in [-0.1, -0.05) is 62.0 Å². The van der Waals surface area contributed by atoms with Crippen molar-refractivity contribution in [1.82, 2.24) is 0 Å². The van der Waals surface area contributed by atoms with Crippen LogP contribution in [0.4, 0.5) is 0 Å². The zero-order chi connectivity index (χ0) is 13.7. The van der Waals surface area contributed by atoms with E-state index in [0.717, 1.165) is 18.4 Å². The lowest BCUT2D eigenvalue weighted by Gasteiger charge is -2.20. The van der Waals surface area contributed by atoms with Gasteiger partial charge < -0.3 is 5.11 Å². The molecule has 100 valence electrons. The van der Waals surface area contributed by atoms with Gasteiger partial charge in [0.15, 0.2) is 0 Å². The summed E-state index contributed by atoms with van der Waals surface area (Å²) in [6, 6.07) is 0. The molecular formula is C17H20O2. The van der Waals surface area contributed by atoms with Crippen LogP contribution in [0.2, 0.25) is 0 Å². The minimum Gasteiger partial charge on any atom is -0.478 e. The molecule has 0 unspecified atom stereocenters. The first-order valence-electron chi connectivity index (χ1n) is 6.90. The number of hydrogen-bond acceptors (Lipinski definition) is 1. The minimum atomic E-state index is -0.772. The fraction of sp³-hybridized carbons (Fsp3) is 0.353. The maximum atomic E-state index is 11.6. The molecule has 2 nitrogen and oxygen atoms in total. The van der Waals surface area contributed by atoms with Crippen molar-refractivity contribution in [2.24, 2.45) is 11.8 Å². The SMILES string of the molecule is CCCCC(C(=O)O)=C(C1C=CC=C1)C1C=CC=C1. The first-order chi connectivity index (χ1) is 9.24. The predicted octanol–water partition coefficient (Wildman–Crippen LogP) is 4.04. The average molecular weight is 256 g/mol. The molecule has 2 aliphatic carbocycles. The third kappa shape index (κ3) is 3.14. The molecule has 0 aromatic rings. The molecule has 1 N–H and O–H groups in total. The van der Waals surface area contributed by atoms with E-state index in [1.54, 1.807) is 0 Å². The summed E-state index contributed by atoms with van der Waals surface area (Å²) in [4.78, 5) is 11.6. The van der Waals surface area contributed by atoms with Crippen molar-refractivity contribution in [3.8, 4) is 0 Å². The lowest BCUT2D eigenvalue weighted by Crippen LogP contribution is -2.14. The standard InChI is InChI=1S/C17H20O2/c1-2-3-12-15(17(18)19)16(13-8-4-5-9-13)14-10-6-7-11-14/h4-11,13-14H,2-3,12H2,1H3,(H,18,19). The van der Waals surface area contributed by atoms with Gasteiger partial charge >= 0.3 is 5.97 Å². The second kappa shape index (κ2) is 6.37. The number of carboxylic acid groups (broad SMARTS) is 1. The van der Waals surface area contributed by atoms with E-state index in [4.69, 9.17) is 0 Å². The van der Waals surface area contributed by atoms with Gasteiger partial charge in [-0.15, -0.1) is 0 Å². The van der Waals surface area contributed by atoms with Crippen molar-refractivity contribution < 1.29 is 9.90 Å². The number of aliphatic carboxylic acids is 1. The molecule has 0 saturated heterocycles. The van der Waals surface area contributed by atoms with Crippen LogP contribution in [0.15, 0.2) is 59.8 Å². The average Bonchev–Trinajstić information content (AvgIpc) is 3.07. The molecule has 0 aromatic carbocycles. The summed E-state index contributed by atoms with van der Waals surface area (Å²) >= 11 is 0. The first-order valence-corrected chi connectivity index (χ1v) is 6.90. The summed E-state index contributed by atoms with van der Waals surface area (Å²) in [5.41, 5.74) is 1.61. The summed E-state index contributed by atoms with van der Waals surface area (Å²) < 4.78 is 0. The van der Waals surface area contributed by atoms with Crippen molar-refractivity contribution in [3.05, 3.63) is 59.8 Å². The van der Waals surface area contributed by atoms with Crippen LogP contribution < -0.4 is 0 Å². The topological polar surface area (TPSA) is 37.3 Å². The van der Waals surface area contributed by atoms with E-state index < -0.39 is 5.97 Å². The number of rotatable bonds is 6. The number of unbranched alkanes of at least 4 members (excludes halogenated alkanes) is 1. The van der Waals surface area contributed by atoms with Crippen molar-refractivity contribution in [1.29, 1.82) is 0 Å². The fourth-order valence-electron chi connectivity index (χ4n) is 2.63. The lowest BCUT2D eigenvalue weighted by molar-refractivity contribution is -0.132. The van der Waals surface area contributed by atoms with E-state index >= 15 is 0 Å². The molecule has 0 saturated carbocycles. The van der Waals surface area contributed by atoms with Gasteiger partial charge in [-0.25, -0.2) is 4.79 Å². The monoisotopic (exact) mass is 256 g/mol. The van der Waals surface area contributed by atoms with Crippen molar-refractivity contribution >= 4 is 5.97 Å². The minimum absolute atomic E-state index is 0.125. The Morgan fingerprint density at radius 1 is 1.00 bits per heavy atom. The fourth-order valence-corrected chi connectivity index (χ4v) is 2.63. The van der Waals surface area contributed by atoms with E-state index in [1.165, 1.54) is 0 Å². The van der Waals surface area contributed by atoms with Crippen molar-refractivity contribution in [3.63, 3.8) is 0 Å². The van der Waals surface area contributed by atoms with Crippen LogP contribution in [0.3, 0.4) is 0 Å². The van der Waals surface area contributed by atoms with Gasteiger partial charge in [-0.2, -0.15) is 0 Å². The quantitative estimate of drug-likeness (QED) is 0.728. The molecule has 0 amide bonds. The Hall–Kier alpha value is -1.83. The Morgan fingerprint density at radius 3 is 1.84 bits per heavy atom. The van der Waals surface area contributed by atoms with Crippen LogP contribution in [0.5, 0.6) is 0 Å². The normalized spacial score (nSPS) is 17.5. The second-order valence-corrected chi connectivity index (χ2v) is 4.93. The van der Waals surface area contributed by atoms with E-state index in [-0.39, 0.29) is 11.8 Å². The predicted molar refractivity (Wildman–Crippen MR) is 77.7 cm³/mol. The Bertz CT molecular complexity index is 435. The highest BCUT2D eigenvalue weighted by molar-refractivity contribution is 5.88. The first kappa shape index (κ1) is 13.6. The Balaban J connectivity index is 2.39. The van der Waals surface area contributed by atoms with Crippen molar-refractivity contribution in [2.75, 3.05) is 0 Å². The molecule has 0 spiro atoms. The number of carbonyl (C=O) groups is 1. The van der Waals surface area contributed by atoms with E-state index in [2.05, 4.69) is 31.2 Å². The molecule has 0 aromatic heterocycles. The van der Waals surface area contributed by atoms with Crippen LogP contribution in [0.1, 0.15) is 26.2 Å². The van der Waals surface area contributed by atoms with Crippen molar-refractivity contribution in [2.45, 2.75) is 26.2 Å². The third-order valence-electron chi connectivity index (χ3n) is 3.60. The zero-order valence-corrected chi connectivity index (χ0v) is 11.3. The van der Waals surface area contributed by atoms with Gasteiger partial charge in [-0.05, 0) is 18.4 Å². The van der Waals surface area contributed by atoms with E-state index in [9.17, 15) is 9.90 Å². The van der Waals surface area contributed by atoms with E-state index in [0.29, 0.717) is 12.0 Å². The van der Waals surface area contributed by atoms with Gasteiger partial charge in [0.1, 0.15) is 0 Å². The smallest absolute Gasteiger partial charge is 0.331 e. The van der Waals surface area contributed by atoms with Crippen LogP contribution in [0.25, 0.3) is 0 Å². The van der Waals surface area contributed by atoms with Gasteiger partial charge in [0.05, 0.1) is 0 Å². The Labute approximate surface area is 114 Å². The van der Waals surface area contributed by atoms with Gasteiger partial charge in [0.2, 0.25) is 0 Å². The molecule has 2 aliphatic rings. The highest BCUT2D eigenvalue weighted by atomic mass is 16.4.